The smallest absolute Gasteiger partial charge is 0.165 e. The number of ether oxygens (including phenoxy) is 1. The van der Waals surface area contributed by atoms with Crippen molar-refractivity contribution in [2.45, 2.75) is 26.2 Å². The van der Waals surface area contributed by atoms with Gasteiger partial charge in [0.1, 0.15) is 11.5 Å². The highest BCUT2D eigenvalue weighted by Crippen LogP contribution is 2.32. The highest BCUT2D eigenvalue weighted by molar-refractivity contribution is 5.72. The van der Waals surface area contributed by atoms with Gasteiger partial charge in [-0.05, 0) is 18.2 Å². The Morgan fingerprint density at radius 2 is 1.95 bits per heavy atom. The lowest BCUT2D eigenvalue weighted by molar-refractivity contribution is 0.386. The minimum atomic E-state index is -0.465. The Kier molecular flexibility index (Phi) is 3.33. The second kappa shape index (κ2) is 4.70. The lowest BCUT2D eigenvalue weighted by Crippen LogP contribution is -2.24. The van der Waals surface area contributed by atoms with Crippen LogP contribution in [0.3, 0.4) is 0 Å². The van der Waals surface area contributed by atoms with Crippen LogP contribution in [-0.4, -0.2) is 16.8 Å². The van der Waals surface area contributed by atoms with Crippen molar-refractivity contribution in [3.8, 4) is 17.0 Å². The standard InChI is InChI=1S/C14H19FN4O/c1-14(2,3)13-18-11(12(16)19(13)17)8-5-6-10(20-4)9(15)7-8/h5-7H,16-17H2,1-4H3. The molecule has 0 aliphatic rings. The van der Waals surface area contributed by atoms with Gasteiger partial charge in [-0.3, -0.25) is 0 Å². The second-order valence-corrected chi connectivity index (χ2v) is 5.64. The number of methoxy groups -OCH3 is 1. The van der Waals surface area contributed by atoms with Crippen LogP contribution >= 0.6 is 0 Å². The summed E-state index contributed by atoms with van der Waals surface area (Å²) in [5.74, 6) is 6.59. The summed E-state index contributed by atoms with van der Waals surface area (Å²) in [6.07, 6.45) is 0. The second-order valence-electron chi connectivity index (χ2n) is 5.64. The summed E-state index contributed by atoms with van der Waals surface area (Å²) in [5, 5.41) is 0. The van der Waals surface area contributed by atoms with Crippen LogP contribution in [0.1, 0.15) is 26.6 Å². The first kappa shape index (κ1) is 14.2. The van der Waals surface area contributed by atoms with Crippen LogP contribution in [0.2, 0.25) is 0 Å². The SMILES string of the molecule is COc1ccc(-c2nc(C(C)(C)C)n(N)c2N)cc1F. The van der Waals surface area contributed by atoms with E-state index in [1.807, 2.05) is 20.8 Å². The van der Waals surface area contributed by atoms with E-state index in [4.69, 9.17) is 16.3 Å². The van der Waals surface area contributed by atoms with Crippen molar-refractivity contribution in [1.82, 2.24) is 9.66 Å². The third-order valence-electron chi connectivity index (χ3n) is 3.04. The molecule has 0 spiro atoms. The number of nitrogens with two attached hydrogens (primary N) is 2. The summed E-state index contributed by atoms with van der Waals surface area (Å²) >= 11 is 0. The summed E-state index contributed by atoms with van der Waals surface area (Å²) in [7, 11) is 1.42. The van der Waals surface area contributed by atoms with Gasteiger partial charge in [-0.2, -0.15) is 0 Å². The number of anilines is 1. The van der Waals surface area contributed by atoms with E-state index >= 15 is 0 Å². The Morgan fingerprint density at radius 3 is 2.40 bits per heavy atom. The zero-order valence-corrected chi connectivity index (χ0v) is 12.1. The molecule has 0 aliphatic heterocycles. The third-order valence-corrected chi connectivity index (χ3v) is 3.04. The molecule has 20 heavy (non-hydrogen) atoms. The summed E-state index contributed by atoms with van der Waals surface area (Å²) in [5.41, 5.74) is 6.75. The van der Waals surface area contributed by atoms with Crippen LogP contribution in [0.5, 0.6) is 5.75 Å². The van der Waals surface area contributed by atoms with Crippen molar-refractivity contribution in [3.05, 3.63) is 29.8 Å². The summed E-state index contributed by atoms with van der Waals surface area (Å²) in [4.78, 5) is 4.45. The van der Waals surface area contributed by atoms with E-state index in [1.54, 1.807) is 6.07 Å². The molecule has 1 aromatic heterocycles. The molecule has 5 nitrogen and oxygen atoms in total. The molecule has 0 amide bonds. The van der Waals surface area contributed by atoms with E-state index in [2.05, 4.69) is 4.98 Å². The number of benzene rings is 1. The number of aromatic nitrogens is 2. The minimum Gasteiger partial charge on any atom is -0.494 e. The Bertz CT molecular complexity index is 643. The van der Waals surface area contributed by atoms with Crippen molar-refractivity contribution in [2.75, 3.05) is 18.7 Å². The fourth-order valence-electron chi connectivity index (χ4n) is 2.00. The summed E-state index contributed by atoms with van der Waals surface area (Å²) in [6, 6.07) is 4.58. The topological polar surface area (TPSA) is 79.1 Å². The number of imidazole rings is 1. The number of hydrogen-bond acceptors (Lipinski definition) is 4. The van der Waals surface area contributed by atoms with Gasteiger partial charge >= 0.3 is 0 Å². The average molecular weight is 278 g/mol. The van der Waals surface area contributed by atoms with E-state index in [0.717, 1.165) is 0 Å². The van der Waals surface area contributed by atoms with Crippen molar-refractivity contribution >= 4 is 5.82 Å². The molecule has 4 N–H and O–H groups in total. The van der Waals surface area contributed by atoms with Gasteiger partial charge in [-0.1, -0.05) is 20.8 Å². The molecule has 108 valence electrons. The normalized spacial score (nSPS) is 11.7. The quantitative estimate of drug-likeness (QED) is 0.826. The van der Waals surface area contributed by atoms with Gasteiger partial charge in [0.2, 0.25) is 0 Å². The fourth-order valence-corrected chi connectivity index (χ4v) is 2.00. The molecule has 0 saturated carbocycles. The van der Waals surface area contributed by atoms with Gasteiger partial charge in [0.25, 0.3) is 0 Å². The van der Waals surface area contributed by atoms with Crippen molar-refractivity contribution in [1.29, 1.82) is 0 Å². The Balaban J connectivity index is 2.57. The molecule has 2 rings (SSSR count). The van der Waals surface area contributed by atoms with E-state index in [9.17, 15) is 4.39 Å². The predicted molar refractivity (Wildman–Crippen MR) is 77.4 cm³/mol. The van der Waals surface area contributed by atoms with E-state index in [-0.39, 0.29) is 11.2 Å². The largest absolute Gasteiger partial charge is 0.494 e. The monoisotopic (exact) mass is 278 g/mol. The van der Waals surface area contributed by atoms with Crippen molar-refractivity contribution in [2.24, 2.45) is 0 Å². The lowest BCUT2D eigenvalue weighted by atomic mass is 9.96. The molecule has 2 aromatic rings. The maximum absolute atomic E-state index is 13.8. The molecule has 0 radical (unpaired) electrons. The molecule has 0 unspecified atom stereocenters. The molecule has 0 aliphatic carbocycles. The number of hydrogen-bond donors (Lipinski definition) is 2. The van der Waals surface area contributed by atoms with Crippen LogP contribution in [0, 0.1) is 5.82 Å². The lowest BCUT2D eigenvalue weighted by Gasteiger charge is -2.17. The van der Waals surface area contributed by atoms with Gasteiger partial charge < -0.3 is 16.3 Å². The van der Waals surface area contributed by atoms with Gasteiger partial charge in [-0.25, -0.2) is 14.1 Å². The van der Waals surface area contributed by atoms with Gasteiger partial charge in [0, 0.05) is 11.0 Å². The minimum absolute atomic E-state index is 0.176. The van der Waals surface area contributed by atoms with Crippen LogP contribution in [-0.2, 0) is 5.41 Å². The molecule has 1 heterocycles. The van der Waals surface area contributed by atoms with Crippen LogP contribution in [0.25, 0.3) is 11.3 Å². The molecule has 0 bridgehead atoms. The Morgan fingerprint density at radius 1 is 1.30 bits per heavy atom. The molecular formula is C14H19FN4O. The zero-order chi connectivity index (χ0) is 15.1. The highest BCUT2D eigenvalue weighted by Gasteiger charge is 2.24. The van der Waals surface area contributed by atoms with E-state index < -0.39 is 5.82 Å². The van der Waals surface area contributed by atoms with E-state index in [1.165, 1.54) is 23.9 Å². The number of rotatable bonds is 2. The summed E-state index contributed by atoms with van der Waals surface area (Å²) < 4.78 is 20.0. The first-order chi connectivity index (χ1) is 9.25. The molecular weight excluding hydrogens is 259 g/mol. The first-order valence-corrected chi connectivity index (χ1v) is 6.23. The van der Waals surface area contributed by atoms with Crippen LogP contribution in [0.4, 0.5) is 10.2 Å². The molecule has 0 atom stereocenters. The van der Waals surface area contributed by atoms with Gasteiger partial charge in [0.15, 0.2) is 17.4 Å². The zero-order valence-electron chi connectivity index (χ0n) is 12.1. The number of nitrogens with zero attached hydrogens (tertiary/aromatic N) is 2. The van der Waals surface area contributed by atoms with Crippen molar-refractivity contribution in [3.63, 3.8) is 0 Å². The maximum Gasteiger partial charge on any atom is 0.165 e. The fraction of sp³-hybridized carbons (Fsp3) is 0.357. The first-order valence-electron chi connectivity index (χ1n) is 6.23. The number of nitrogen functional groups attached to an aromatic ring is 2. The molecule has 0 saturated heterocycles. The third kappa shape index (κ3) is 2.29. The van der Waals surface area contributed by atoms with Crippen LogP contribution < -0.4 is 16.3 Å². The van der Waals surface area contributed by atoms with Crippen LogP contribution in [0.15, 0.2) is 18.2 Å². The predicted octanol–water partition coefficient (Wildman–Crippen LogP) is 2.29. The Labute approximate surface area is 117 Å². The van der Waals surface area contributed by atoms with Crippen molar-refractivity contribution < 1.29 is 9.13 Å². The molecule has 1 aromatic carbocycles. The Hall–Kier alpha value is -2.24. The highest BCUT2D eigenvalue weighted by atomic mass is 19.1. The van der Waals surface area contributed by atoms with Gasteiger partial charge in [-0.15, -0.1) is 0 Å². The average Bonchev–Trinajstić information content (AvgIpc) is 2.66. The molecule has 6 heteroatoms. The maximum atomic E-state index is 13.8. The number of halogens is 1. The van der Waals surface area contributed by atoms with Gasteiger partial charge in [0.05, 0.1) is 7.11 Å². The summed E-state index contributed by atoms with van der Waals surface area (Å²) in [6.45, 7) is 5.95. The van der Waals surface area contributed by atoms with E-state index in [0.29, 0.717) is 22.9 Å². The molecule has 0 fully saturated rings.